The summed E-state index contributed by atoms with van der Waals surface area (Å²) < 4.78 is 6.60. The number of ketones is 1. The molecule has 1 aromatic rings. The lowest BCUT2D eigenvalue weighted by molar-refractivity contribution is 0.0343. The minimum Gasteiger partial charge on any atom is -0.375 e. The van der Waals surface area contributed by atoms with E-state index in [2.05, 4.69) is 34.7 Å². The number of carbonyl (C=O) groups excluding carboxylic acids is 1. The molecule has 0 spiro atoms. The number of anilines is 1. The lowest BCUT2D eigenvalue weighted by Crippen LogP contribution is -2.47. The molecule has 1 saturated heterocycles. The van der Waals surface area contributed by atoms with Crippen molar-refractivity contribution in [1.29, 1.82) is 0 Å². The first-order chi connectivity index (χ1) is 8.49. The standard InChI is InChI=1S/C14H18BrNO2/c1-9-8-18-10(2)7-16(9)14-5-4-12(11(3)17)6-13(14)15/h4-6,9-10H,7-8H2,1-3H3. The Morgan fingerprint density at radius 1 is 1.44 bits per heavy atom. The molecule has 0 amide bonds. The number of Topliss-reactive ketones (excluding diaryl/α,β-unsaturated/α-hetero) is 1. The second-order valence-corrected chi connectivity index (χ2v) is 5.72. The van der Waals surface area contributed by atoms with Gasteiger partial charge in [0, 0.05) is 22.6 Å². The van der Waals surface area contributed by atoms with Crippen molar-refractivity contribution in [2.24, 2.45) is 0 Å². The summed E-state index contributed by atoms with van der Waals surface area (Å²) in [5.74, 6) is 0.0886. The number of hydrogen-bond acceptors (Lipinski definition) is 3. The third kappa shape index (κ3) is 2.75. The molecule has 2 unspecified atom stereocenters. The molecular formula is C14H18BrNO2. The second kappa shape index (κ2) is 5.41. The van der Waals surface area contributed by atoms with E-state index in [-0.39, 0.29) is 11.9 Å². The Morgan fingerprint density at radius 2 is 2.17 bits per heavy atom. The van der Waals surface area contributed by atoms with Crippen LogP contribution < -0.4 is 4.90 Å². The van der Waals surface area contributed by atoms with Crippen molar-refractivity contribution in [2.45, 2.75) is 32.9 Å². The van der Waals surface area contributed by atoms with Crippen LogP contribution in [0.15, 0.2) is 22.7 Å². The number of carbonyl (C=O) groups is 1. The Bertz CT molecular complexity index is 461. The van der Waals surface area contributed by atoms with Crippen molar-refractivity contribution in [3.8, 4) is 0 Å². The zero-order valence-corrected chi connectivity index (χ0v) is 12.5. The lowest BCUT2D eigenvalue weighted by atomic mass is 10.1. The Hall–Kier alpha value is -0.870. The molecule has 2 atom stereocenters. The molecule has 2 rings (SSSR count). The molecule has 98 valence electrons. The van der Waals surface area contributed by atoms with E-state index in [0.29, 0.717) is 6.04 Å². The molecule has 1 aromatic carbocycles. The van der Waals surface area contributed by atoms with Crippen LogP contribution in [0.1, 0.15) is 31.1 Å². The van der Waals surface area contributed by atoms with Crippen LogP contribution in [0.3, 0.4) is 0 Å². The predicted molar refractivity (Wildman–Crippen MR) is 76.4 cm³/mol. The van der Waals surface area contributed by atoms with Crippen LogP contribution in [0, 0.1) is 0 Å². The van der Waals surface area contributed by atoms with Gasteiger partial charge in [0.25, 0.3) is 0 Å². The van der Waals surface area contributed by atoms with Crippen LogP contribution >= 0.6 is 15.9 Å². The normalized spacial score (nSPS) is 24.1. The highest BCUT2D eigenvalue weighted by Crippen LogP contribution is 2.30. The number of hydrogen-bond donors (Lipinski definition) is 0. The van der Waals surface area contributed by atoms with Crippen LogP contribution in [0.2, 0.25) is 0 Å². The Balaban J connectivity index is 2.30. The SMILES string of the molecule is CC(=O)c1ccc(N2CC(C)OCC2C)c(Br)c1. The van der Waals surface area contributed by atoms with Gasteiger partial charge in [-0.05, 0) is 54.9 Å². The highest BCUT2D eigenvalue weighted by Gasteiger charge is 2.25. The number of halogens is 1. The average Bonchev–Trinajstić information content (AvgIpc) is 2.32. The van der Waals surface area contributed by atoms with Gasteiger partial charge in [-0.1, -0.05) is 0 Å². The quantitative estimate of drug-likeness (QED) is 0.785. The molecule has 0 aromatic heterocycles. The van der Waals surface area contributed by atoms with Crippen molar-refractivity contribution in [1.82, 2.24) is 0 Å². The summed E-state index contributed by atoms with van der Waals surface area (Å²) in [6.45, 7) is 7.43. The summed E-state index contributed by atoms with van der Waals surface area (Å²) in [4.78, 5) is 13.7. The van der Waals surface area contributed by atoms with Crippen LogP contribution in [0.4, 0.5) is 5.69 Å². The molecule has 0 radical (unpaired) electrons. The van der Waals surface area contributed by atoms with Gasteiger partial charge in [-0.2, -0.15) is 0 Å². The van der Waals surface area contributed by atoms with E-state index in [1.165, 1.54) is 0 Å². The number of ether oxygens (including phenoxy) is 1. The monoisotopic (exact) mass is 311 g/mol. The zero-order valence-electron chi connectivity index (χ0n) is 10.9. The first-order valence-corrected chi connectivity index (χ1v) is 6.97. The maximum absolute atomic E-state index is 11.3. The third-order valence-electron chi connectivity index (χ3n) is 3.27. The predicted octanol–water partition coefficient (Wildman–Crippen LogP) is 3.27. The summed E-state index contributed by atoms with van der Waals surface area (Å²) in [7, 11) is 0. The molecule has 4 heteroatoms. The lowest BCUT2D eigenvalue weighted by Gasteiger charge is -2.39. The van der Waals surface area contributed by atoms with Crippen LogP contribution in [-0.4, -0.2) is 31.1 Å². The first kappa shape index (κ1) is 13.6. The molecule has 3 nitrogen and oxygen atoms in total. The molecule has 1 heterocycles. The number of nitrogens with zero attached hydrogens (tertiary/aromatic N) is 1. The van der Waals surface area contributed by atoms with E-state index in [1.807, 2.05) is 18.2 Å². The molecule has 0 N–H and O–H groups in total. The third-order valence-corrected chi connectivity index (χ3v) is 3.91. The van der Waals surface area contributed by atoms with Gasteiger partial charge in [-0.3, -0.25) is 4.79 Å². The van der Waals surface area contributed by atoms with E-state index < -0.39 is 0 Å². The highest BCUT2D eigenvalue weighted by atomic mass is 79.9. The number of rotatable bonds is 2. The molecule has 0 bridgehead atoms. The van der Waals surface area contributed by atoms with Crippen molar-refractivity contribution in [3.05, 3.63) is 28.2 Å². The van der Waals surface area contributed by atoms with Gasteiger partial charge >= 0.3 is 0 Å². The van der Waals surface area contributed by atoms with Crippen molar-refractivity contribution >= 4 is 27.4 Å². The van der Waals surface area contributed by atoms with E-state index in [9.17, 15) is 4.79 Å². The van der Waals surface area contributed by atoms with Crippen molar-refractivity contribution in [2.75, 3.05) is 18.1 Å². The Labute approximate surface area is 116 Å². The molecule has 0 aliphatic carbocycles. The minimum atomic E-state index is 0.0886. The van der Waals surface area contributed by atoms with Gasteiger partial charge in [0.05, 0.1) is 18.4 Å². The first-order valence-electron chi connectivity index (χ1n) is 6.17. The van der Waals surface area contributed by atoms with Gasteiger partial charge in [0.2, 0.25) is 0 Å². The summed E-state index contributed by atoms with van der Waals surface area (Å²) >= 11 is 3.56. The van der Waals surface area contributed by atoms with E-state index in [4.69, 9.17) is 4.74 Å². The molecule has 0 saturated carbocycles. The molecular weight excluding hydrogens is 294 g/mol. The highest BCUT2D eigenvalue weighted by molar-refractivity contribution is 9.10. The molecule has 1 aliphatic rings. The van der Waals surface area contributed by atoms with Crippen LogP contribution in [0.5, 0.6) is 0 Å². The average molecular weight is 312 g/mol. The van der Waals surface area contributed by atoms with Crippen LogP contribution in [0.25, 0.3) is 0 Å². The molecule has 18 heavy (non-hydrogen) atoms. The van der Waals surface area contributed by atoms with Gasteiger partial charge in [-0.25, -0.2) is 0 Å². The zero-order chi connectivity index (χ0) is 13.3. The minimum absolute atomic E-state index is 0.0886. The number of morpholine rings is 1. The Morgan fingerprint density at radius 3 is 2.78 bits per heavy atom. The van der Waals surface area contributed by atoms with E-state index in [1.54, 1.807) is 6.92 Å². The number of benzene rings is 1. The summed E-state index contributed by atoms with van der Waals surface area (Å²) in [5, 5.41) is 0. The fourth-order valence-corrected chi connectivity index (χ4v) is 2.80. The maximum atomic E-state index is 11.3. The second-order valence-electron chi connectivity index (χ2n) is 4.87. The van der Waals surface area contributed by atoms with E-state index in [0.717, 1.165) is 28.9 Å². The molecule has 1 aliphatic heterocycles. The molecule has 1 fully saturated rings. The van der Waals surface area contributed by atoms with Crippen LogP contribution in [-0.2, 0) is 4.74 Å². The Kier molecular flexibility index (Phi) is 4.07. The van der Waals surface area contributed by atoms with Crippen molar-refractivity contribution < 1.29 is 9.53 Å². The van der Waals surface area contributed by atoms with E-state index >= 15 is 0 Å². The maximum Gasteiger partial charge on any atom is 0.159 e. The van der Waals surface area contributed by atoms with Gasteiger partial charge < -0.3 is 9.64 Å². The fourth-order valence-electron chi connectivity index (χ4n) is 2.20. The summed E-state index contributed by atoms with van der Waals surface area (Å²) in [6, 6.07) is 6.13. The summed E-state index contributed by atoms with van der Waals surface area (Å²) in [5.41, 5.74) is 1.86. The van der Waals surface area contributed by atoms with Crippen molar-refractivity contribution in [3.63, 3.8) is 0 Å². The fraction of sp³-hybridized carbons (Fsp3) is 0.500. The largest absolute Gasteiger partial charge is 0.375 e. The summed E-state index contributed by atoms with van der Waals surface area (Å²) in [6.07, 6.45) is 0.237. The smallest absolute Gasteiger partial charge is 0.159 e. The van der Waals surface area contributed by atoms with Gasteiger partial charge in [0.15, 0.2) is 5.78 Å². The van der Waals surface area contributed by atoms with Gasteiger partial charge in [0.1, 0.15) is 0 Å². The van der Waals surface area contributed by atoms with Gasteiger partial charge in [-0.15, -0.1) is 0 Å². The topological polar surface area (TPSA) is 29.5 Å².